The summed E-state index contributed by atoms with van der Waals surface area (Å²) in [5.41, 5.74) is 9.43. The second-order valence-corrected chi connectivity index (χ2v) is 8.04. The van der Waals surface area contributed by atoms with Crippen molar-refractivity contribution in [2.45, 2.75) is 58.8 Å². The summed E-state index contributed by atoms with van der Waals surface area (Å²) in [5, 5.41) is 0. The maximum absolute atomic E-state index is 3.76. The highest BCUT2D eigenvalue weighted by molar-refractivity contribution is 8.04. The van der Waals surface area contributed by atoms with Crippen molar-refractivity contribution in [1.82, 2.24) is 0 Å². The maximum atomic E-state index is 3.76. The number of benzene rings is 1. The minimum atomic E-state index is 0.642. The molecule has 3 aliphatic rings. The highest BCUT2D eigenvalue weighted by Gasteiger charge is 2.24. The zero-order valence-electron chi connectivity index (χ0n) is 13.7. The number of hydrogen-bond acceptors (Lipinski definition) is 2. The topological polar surface area (TPSA) is 12.0 Å². The second kappa shape index (κ2) is 5.81. The first-order valence-corrected chi connectivity index (χ1v) is 9.54. The van der Waals surface area contributed by atoms with E-state index in [9.17, 15) is 0 Å². The first-order valence-electron chi connectivity index (χ1n) is 8.72. The third-order valence-corrected chi connectivity index (χ3v) is 6.14. The number of rotatable bonds is 4. The van der Waals surface area contributed by atoms with Crippen molar-refractivity contribution in [3.63, 3.8) is 0 Å². The van der Waals surface area contributed by atoms with Gasteiger partial charge in [0, 0.05) is 4.91 Å². The normalized spacial score (nSPS) is 19.2. The Balaban J connectivity index is 1.56. The van der Waals surface area contributed by atoms with Gasteiger partial charge in [-0.25, -0.2) is 0 Å². The van der Waals surface area contributed by atoms with E-state index < -0.39 is 0 Å². The Morgan fingerprint density at radius 3 is 2.27 bits per heavy atom. The summed E-state index contributed by atoms with van der Waals surface area (Å²) >= 11 is 1.85. The van der Waals surface area contributed by atoms with Crippen molar-refractivity contribution in [3.05, 3.63) is 51.0 Å². The smallest absolute Gasteiger partial charge is 0.0512 e. The number of anilines is 1. The predicted molar refractivity (Wildman–Crippen MR) is 97.3 cm³/mol. The van der Waals surface area contributed by atoms with Gasteiger partial charge in [-0.05, 0) is 96.7 Å². The fourth-order valence-electron chi connectivity index (χ4n) is 4.05. The van der Waals surface area contributed by atoms with Gasteiger partial charge in [0.15, 0.2) is 0 Å². The van der Waals surface area contributed by atoms with E-state index in [0.29, 0.717) is 5.92 Å². The summed E-state index contributed by atoms with van der Waals surface area (Å²) in [6.07, 6.45) is 13.6. The average molecular weight is 311 g/mol. The van der Waals surface area contributed by atoms with E-state index in [1.54, 1.807) is 22.3 Å². The van der Waals surface area contributed by atoms with E-state index in [1.807, 2.05) is 11.9 Å². The Labute approximate surface area is 138 Å². The van der Waals surface area contributed by atoms with Crippen LogP contribution in [0.4, 0.5) is 5.69 Å². The lowest BCUT2D eigenvalue weighted by Gasteiger charge is -2.16. The van der Waals surface area contributed by atoms with Gasteiger partial charge in [0.1, 0.15) is 0 Å². The van der Waals surface area contributed by atoms with Gasteiger partial charge in [-0.15, -0.1) is 0 Å². The van der Waals surface area contributed by atoms with Gasteiger partial charge in [0.2, 0.25) is 0 Å². The summed E-state index contributed by atoms with van der Waals surface area (Å²) in [6, 6.07) is 2.51. The van der Waals surface area contributed by atoms with Crippen LogP contribution in [-0.2, 0) is 25.7 Å². The van der Waals surface area contributed by atoms with Crippen molar-refractivity contribution in [3.8, 4) is 0 Å². The molecule has 0 atom stereocenters. The summed E-state index contributed by atoms with van der Waals surface area (Å²) in [7, 11) is 0. The van der Waals surface area contributed by atoms with E-state index in [2.05, 4.69) is 36.8 Å². The molecule has 1 aromatic rings. The number of aryl methyl sites for hydroxylation is 2. The highest BCUT2D eigenvalue weighted by atomic mass is 32.2. The lowest BCUT2D eigenvalue weighted by molar-refractivity contribution is 0.793. The Morgan fingerprint density at radius 1 is 1.00 bits per heavy atom. The molecule has 3 aliphatic carbocycles. The zero-order valence-corrected chi connectivity index (χ0v) is 14.5. The fraction of sp³-hybridized carbons (Fsp3) is 0.500. The van der Waals surface area contributed by atoms with E-state index in [1.165, 1.54) is 54.7 Å². The van der Waals surface area contributed by atoms with Crippen LogP contribution in [0, 0.1) is 5.92 Å². The van der Waals surface area contributed by atoms with Crippen molar-refractivity contribution in [1.29, 1.82) is 0 Å². The minimum Gasteiger partial charge on any atom is -0.325 e. The standard InChI is InChI=1S/C20H25NS/c1-13(2)14-9-10-17(12-14)22-21-20-18-7-3-5-15(18)11-16-6-4-8-19(16)20/h9,11-13,21H,3-8,10H2,1-2H3. The first-order chi connectivity index (χ1) is 10.7. The summed E-state index contributed by atoms with van der Waals surface area (Å²) in [4.78, 5) is 1.46. The lowest BCUT2D eigenvalue weighted by atomic mass is 9.99. The number of hydrogen-bond donors (Lipinski definition) is 1. The average Bonchev–Trinajstić information content (AvgIpc) is 3.22. The van der Waals surface area contributed by atoms with Crippen molar-refractivity contribution >= 4 is 17.6 Å². The number of fused-ring (bicyclic) bond motifs is 2. The van der Waals surface area contributed by atoms with Crippen LogP contribution in [0.3, 0.4) is 0 Å². The van der Waals surface area contributed by atoms with Gasteiger partial charge in [-0.3, -0.25) is 0 Å². The summed E-state index contributed by atoms with van der Waals surface area (Å²) in [6.45, 7) is 4.56. The first kappa shape index (κ1) is 14.4. The number of allylic oxidation sites excluding steroid dienone is 4. The largest absolute Gasteiger partial charge is 0.325 e. The predicted octanol–water partition coefficient (Wildman–Crippen LogP) is 5.59. The molecule has 0 aromatic heterocycles. The van der Waals surface area contributed by atoms with Gasteiger partial charge in [-0.2, -0.15) is 0 Å². The summed E-state index contributed by atoms with van der Waals surface area (Å²) < 4.78 is 3.76. The monoisotopic (exact) mass is 311 g/mol. The molecular formula is C20H25NS. The van der Waals surface area contributed by atoms with Crippen LogP contribution in [0.15, 0.2) is 28.7 Å². The second-order valence-electron chi connectivity index (χ2n) is 7.11. The van der Waals surface area contributed by atoms with Gasteiger partial charge in [0.25, 0.3) is 0 Å². The van der Waals surface area contributed by atoms with E-state index in [0.717, 1.165) is 6.42 Å². The molecule has 0 unspecified atom stereocenters. The van der Waals surface area contributed by atoms with Crippen LogP contribution in [0.5, 0.6) is 0 Å². The maximum Gasteiger partial charge on any atom is 0.0512 e. The molecule has 0 heterocycles. The van der Waals surface area contributed by atoms with E-state index in [-0.39, 0.29) is 0 Å². The molecule has 0 amide bonds. The molecule has 0 bridgehead atoms. The quantitative estimate of drug-likeness (QED) is 0.727. The van der Waals surface area contributed by atoms with Gasteiger partial charge in [0.05, 0.1) is 5.69 Å². The molecule has 1 aromatic carbocycles. The lowest BCUT2D eigenvalue weighted by Crippen LogP contribution is -2.00. The summed E-state index contributed by atoms with van der Waals surface area (Å²) in [5.74, 6) is 0.642. The Hall–Kier alpha value is -1.15. The van der Waals surface area contributed by atoms with E-state index in [4.69, 9.17) is 0 Å². The van der Waals surface area contributed by atoms with Crippen LogP contribution in [0.1, 0.15) is 55.4 Å². The molecular weight excluding hydrogens is 286 g/mol. The van der Waals surface area contributed by atoms with Gasteiger partial charge >= 0.3 is 0 Å². The fourth-order valence-corrected chi connectivity index (χ4v) is 4.89. The molecule has 1 N–H and O–H groups in total. The zero-order chi connectivity index (χ0) is 15.1. The van der Waals surface area contributed by atoms with E-state index >= 15 is 0 Å². The van der Waals surface area contributed by atoms with Crippen LogP contribution in [-0.4, -0.2) is 0 Å². The molecule has 0 spiro atoms. The molecule has 4 rings (SSSR count). The molecule has 0 saturated heterocycles. The van der Waals surface area contributed by atoms with Crippen LogP contribution in [0.2, 0.25) is 0 Å². The molecule has 1 nitrogen and oxygen atoms in total. The Morgan fingerprint density at radius 2 is 1.68 bits per heavy atom. The van der Waals surface area contributed by atoms with Crippen LogP contribution < -0.4 is 4.72 Å². The third kappa shape index (κ3) is 2.52. The SMILES string of the molecule is CC(C)C1=CCC(SNc2c3c(cc4c2CCC4)CCC3)=C1. The molecule has 116 valence electrons. The number of nitrogens with one attached hydrogen (secondary N) is 1. The molecule has 22 heavy (non-hydrogen) atoms. The molecule has 0 fully saturated rings. The minimum absolute atomic E-state index is 0.642. The Kier molecular flexibility index (Phi) is 3.81. The van der Waals surface area contributed by atoms with Crippen LogP contribution in [0.25, 0.3) is 0 Å². The van der Waals surface area contributed by atoms with Gasteiger partial charge < -0.3 is 4.72 Å². The third-order valence-electron chi connectivity index (χ3n) is 5.29. The van der Waals surface area contributed by atoms with Crippen LogP contribution >= 0.6 is 11.9 Å². The van der Waals surface area contributed by atoms with Crippen molar-refractivity contribution in [2.24, 2.45) is 5.92 Å². The molecule has 0 radical (unpaired) electrons. The van der Waals surface area contributed by atoms with Crippen molar-refractivity contribution < 1.29 is 0 Å². The van der Waals surface area contributed by atoms with Gasteiger partial charge in [-0.1, -0.05) is 26.0 Å². The molecule has 0 aliphatic heterocycles. The van der Waals surface area contributed by atoms with Crippen molar-refractivity contribution in [2.75, 3.05) is 4.72 Å². The molecule has 0 saturated carbocycles. The Bertz CT molecular complexity index is 635. The molecule has 2 heteroatoms. The highest BCUT2D eigenvalue weighted by Crippen LogP contribution is 2.41.